The van der Waals surface area contributed by atoms with Crippen LogP contribution in [0.5, 0.6) is 11.5 Å². The van der Waals surface area contributed by atoms with Crippen LogP contribution in [0.15, 0.2) is 69.5 Å². The van der Waals surface area contributed by atoms with E-state index in [-0.39, 0.29) is 33.2 Å². The van der Waals surface area contributed by atoms with Crippen LogP contribution in [-0.4, -0.2) is 18.8 Å². The van der Waals surface area contributed by atoms with Gasteiger partial charge in [-0.1, -0.05) is 32.4 Å². The molecule has 0 saturated carbocycles. The first-order valence-electron chi connectivity index (χ1n) is 13.7. The van der Waals surface area contributed by atoms with Gasteiger partial charge in [-0.15, -0.1) is 0 Å². The smallest absolute Gasteiger partial charge is 0.197 e. The van der Waals surface area contributed by atoms with Crippen LogP contribution in [0.3, 0.4) is 0 Å². The van der Waals surface area contributed by atoms with Crippen molar-refractivity contribution >= 4 is 38.1 Å². The molecule has 3 aromatic rings. The average molecular weight is 644 g/mol. The lowest BCUT2D eigenvalue weighted by atomic mass is 9.98. The van der Waals surface area contributed by atoms with Crippen molar-refractivity contribution in [3.05, 3.63) is 103 Å². The van der Waals surface area contributed by atoms with Crippen molar-refractivity contribution < 1.29 is 22.6 Å². The topological polar surface area (TPSA) is 52.5 Å². The number of pyridine rings is 1. The van der Waals surface area contributed by atoms with Crippen molar-refractivity contribution in [3.8, 4) is 11.5 Å². The van der Waals surface area contributed by atoms with Crippen molar-refractivity contribution in [2.24, 2.45) is 0 Å². The molecule has 0 atom stereocenters. The van der Waals surface area contributed by atoms with Crippen molar-refractivity contribution in [1.82, 2.24) is 9.88 Å². The van der Waals surface area contributed by atoms with Gasteiger partial charge in [-0.25, -0.2) is 13.2 Å². The van der Waals surface area contributed by atoms with Crippen molar-refractivity contribution in [2.45, 2.75) is 53.0 Å². The van der Waals surface area contributed by atoms with E-state index in [9.17, 15) is 9.18 Å². The number of allylic oxidation sites excluding steroid dienone is 6. The van der Waals surface area contributed by atoms with E-state index in [1.54, 1.807) is 43.2 Å². The standard InChI is InChI=1S/C33H34BrF3N2O3/c1-7-9-18(3)24-17-39(32-28(33(24)40)19(4)30(36)31(37)29(32)34)22-12-20(8-2)13-25(35)26(14-22)38-16-21-10-11-23(41-5)15-27(21)42-6/h10-11,13-15,17,38H,3,7-9,12,16H2,1-2,4-6H3. The van der Waals surface area contributed by atoms with Gasteiger partial charge in [0.15, 0.2) is 17.1 Å². The first-order valence-corrected chi connectivity index (χ1v) is 14.5. The molecule has 42 heavy (non-hydrogen) atoms. The third-order valence-corrected chi connectivity index (χ3v) is 8.20. The van der Waals surface area contributed by atoms with E-state index < -0.39 is 22.9 Å². The fraction of sp³-hybridized carbons (Fsp3) is 0.303. The number of methoxy groups -OCH3 is 2. The molecule has 1 N–H and O–H groups in total. The number of fused-ring (bicyclic) bond motifs is 1. The van der Waals surface area contributed by atoms with Crippen LogP contribution in [0.4, 0.5) is 13.2 Å². The number of nitrogens with one attached hydrogen (secondary N) is 1. The lowest BCUT2D eigenvalue weighted by molar-refractivity contribution is 0.390. The summed E-state index contributed by atoms with van der Waals surface area (Å²) in [6.45, 7) is 9.62. The molecule has 0 radical (unpaired) electrons. The predicted molar refractivity (Wildman–Crippen MR) is 166 cm³/mol. The molecular formula is C33H34BrF3N2O3. The van der Waals surface area contributed by atoms with Crippen molar-refractivity contribution in [2.75, 3.05) is 14.2 Å². The summed E-state index contributed by atoms with van der Waals surface area (Å²) in [7, 11) is 3.11. The second-order valence-electron chi connectivity index (χ2n) is 10.1. The number of aryl methyl sites for hydroxylation is 1. The maximum atomic E-state index is 15.6. The summed E-state index contributed by atoms with van der Waals surface area (Å²) in [6.07, 6.45) is 6.90. The van der Waals surface area contributed by atoms with Gasteiger partial charge in [-0.2, -0.15) is 0 Å². The highest BCUT2D eigenvalue weighted by molar-refractivity contribution is 9.10. The summed E-state index contributed by atoms with van der Waals surface area (Å²) >= 11 is 3.21. The number of benzene rings is 2. The zero-order valence-electron chi connectivity index (χ0n) is 24.4. The summed E-state index contributed by atoms with van der Waals surface area (Å²) in [4.78, 5) is 13.7. The van der Waals surface area contributed by atoms with E-state index in [2.05, 4.69) is 27.8 Å². The minimum absolute atomic E-state index is 0.0460. The van der Waals surface area contributed by atoms with Crippen LogP contribution in [0, 0.1) is 18.6 Å². The molecule has 0 saturated heterocycles. The molecule has 0 fully saturated rings. The Morgan fingerprint density at radius 1 is 1.12 bits per heavy atom. The Balaban J connectivity index is 1.94. The fourth-order valence-electron chi connectivity index (χ4n) is 5.10. The van der Waals surface area contributed by atoms with E-state index in [1.165, 1.54) is 13.0 Å². The minimum atomic E-state index is -1.10. The normalized spacial score (nSPS) is 13.5. The Bertz CT molecular complexity index is 1720. The molecule has 9 heteroatoms. The summed E-state index contributed by atoms with van der Waals surface area (Å²) < 4.78 is 57.9. The first-order chi connectivity index (χ1) is 20.1. The minimum Gasteiger partial charge on any atom is -0.497 e. The molecule has 0 aliphatic heterocycles. The number of aromatic nitrogens is 1. The number of hydrogen-bond donors (Lipinski definition) is 1. The van der Waals surface area contributed by atoms with Gasteiger partial charge in [-0.3, -0.25) is 4.79 Å². The van der Waals surface area contributed by atoms with Crippen molar-refractivity contribution in [1.29, 1.82) is 0 Å². The van der Waals surface area contributed by atoms with Gasteiger partial charge in [0.05, 0.1) is 35.3 Å². The van der Waals surface area contributed by atoms with Crippen LogP contribution in [0.25, 0.3) is 22.2 Å². The molecule has 1 aliphatic rings. The zero-order valence-corrected chi connectivity index (χ0v) is 26.0. The van der Waals surface area contributed by atoms with Gasteiger partial charge < -0.3 is 19.4 Å². The van der Waals surface area contributed by atoms with Crippen molar-refractivity contribution in [3.63, 3.8) is 0 Å². The summed E-state index contributed by atoms with van der Waals surface area (Å²) in [6, 6.07) is 5.37. The maximum absolute atomic E-state index is 15.6. The number of rotatable bonds is 10. The molecule has 1 aliphatic carbocycles. The fourth-order valence-corrected chi connectivity index (χ4v) is 5.66. The average Bonchev–Trinajstić information content (AvgIpc) is 3.15. The molecule has 5 nitrogen and oxygen atoms in total. The monoisotopic (exact) mass is 642 g/mol. The van der Waals surface area contributed by atoms with Gasteiger partial charge in [0, 0.05) is 47.6 Å². The molecule has 0 unspecified atom stereocenters. The molecule has 4 rings (SSSR count). The Labute approximate surface area is 252 Å². The molecule has 2 aromatic carbocycles. The Kier molecular flexibility index (Phi) is 9.71. The van der Waals surface area contributed by atoms with Crippen LogP contribution in [-0.2, 0) is 6.54 Å². The summed E-state index contributed by atoms with van der Waals surface area (Å²) in [5, 5.41) is 3.22. The number of hydrogen-bond acceptors (Lipinski definition) is 4. The lowest BCUT2D eigenvalue weighted by Gasteiger charge is -2.21. The van der Waals surface area contributed by atoms with Gasteiger partial charge in [-0.05, 0) is 65.6 Å². The number of halogens is 4. The molecule has 0 amide bonds. The van der Waals surface area contributed by atoms with E-state index in [4.69, 9.17) is 9.47 Å². The van der Waals surface area contributed by atoms with Crippen LogP contribution in [0.1, 0.15) is 56.2 Å². The molecule has 1 heterocycles. The lowest BCUT2D eigenvalue weighted by Crippen LogP contribution is -2.18. The van der Waals surface area contributed by atoms with Gasteiger partial charge in [0.1, 0.15) is 17.3 Å². The van der Waals surface area contributed by atoms with Gasteiger partial charge >= 0.3 is 0 Å². The van der Waals surface area contributed by atoms with E-state index in [0.717, 1.165) is 17.6 Å². The second-order valence-corrected chi connectivity index (χ2v) is 10.9. The van der Waals surface area contributed by atoms with E-state index >= 15 is 8.78 Å². The third-order valence-electron chi connectivity index (χ3n) is 7.47. The van der Waals surface area contributed by atoms with Gasteiger partial charge in [0.25, 0.3) is 0 Å². The predicted octanol–water partition coefficient (Wildman–Crippen LogP) is 8.73. The molecule has 1 aromatic heterocycles. The Hall–Kier alpha value is -3.72. The molecule has 222 valence electrons. The zero-order chi connectivity index (χ0) is 30.7. The van der Waals surface area contributed by atoms with Crippen LogP contribution in [0.2, 0.25) is 0 Å². The Morgan fingerprint density at radius 3 is 2.50 bits per heavy atom. The molecule has 0 bridgehead atoms. The molecule has 0 spiro atoms. The second kappa shape index (κ2) is 13.1. The van der Waals surface area contributed by atoms with Crippen LogP contribution < -0.4 is 20.2 Å². The number of nitrogens with zero attached hydrogens (tertiary/aromatic N) is 1. The highest BCUT2D eigenvalue weighted by Crippen LogP contribution is 2.36. The third kappa shape index (κ3) is 5.93. The quantitative estimate of drug-likeness (QED) is 0.225. The van der Waals surface area contributed by atoms with E-state index in [1.807, 2.05) is 19.9 Å². The van der Waals surface area contributed by atoms with E-state index in [0.29, 0.717) is 47.6 Å². The van der Waals surface area contributed by atoms with Gasteiger partial charge in [0.2, 0.25) is 0 Å². The summed E-state index contributed by atoms with van der Waals surface area (Å²) in [5.74, 6) is -1.46. The number of ether oxygens (including phenoxy) is 2. The highest BCUT2D eigenvalue weighted by Gasteiger charge is 2.25. The summed E-state index contributed by atoms with van der Waals surface area (Å²) in [5.41, 5.74) is 2.87. The highest BCUT2D eigenvalue weighted by atomic mass is 79.9. The maximum Gasteiger partial charge on any atom is 0.197 e. The first kappa shape index (κ1) is 31.2. The Morgan fingerprint density at radius 2 is 1.86 bits per heavy atom. The van der Waals surface area contributed by atoms with Crippen LogP contribution >= 0.6 is 15.9 Å². The molecular weight excluding hydrogens is 609 g/mol. The largest absolute Gasteiger partial charge is 0.497 e. The SMILES string of the molecule is C=C(CCC)c1cn(C2=CC(NCc3ccc(OC)cc3OC)=C(F)C=C(CC)C2)c2c(Br)c(F)c(F)c(C)c2c1=O.